The molecule has 21 heavy (non-hydrogen) atoms. The summed E-state index contributed by atoms with van der Waals surface area (Å²) in [7, 11) is 3.43. The Kier molecular flexibility index (Phi) is 3.88. The van der Waals surface area contributed by atoms with Gasteiger partial charge in [0, 0.05) is 43.8 Å². The van der Waals surface area contributed by atoms with Crippen LogP contribution in [0.2, 0.25) is 0 Å². The molecule has 1 saturated carbocycles. The number of ether oxygens (including phenoxy) is 1. The van der Waals surface area contributed by atoms with Crippen LogP contribution in [-0.4, -0.2) is 42.9 Å². The van der Waals surface area contributed by atoms with Gasteiger partial charge in [-0.15, -0.1) is 0 Å². The summed E-state index contributed by atoms with van der Waals surface area (Å²) < 4.78 is 5.42. The van der Waals surface area contributed by atoms with Gasteiger partial charge in [-0.2, -0.15) is 0 Å². The van der Waals surface area contributed by atoms with Gasteiger partial charge in [-0.3, -0.25) is 4.99 Å². The number of nitrogens with one attached hydrogen (secondary N) is 1. The Morgan fingerprint density at radius 1 is 1.43 bits per heavy atom. The number of piperidine rings is 1. The second-order valence-electron chi connectivity index (χ2n) is 5.41. The summed E-state index contributed by atoms with van der Waals surface area (Å²) in [5, 5.41) is 3.35. The number of nitrogens with zero attached hydrogens (tertiary/aromatic N) is 3. The highest BCUT2D eigenvalue weighted by atomic mass is 16.5. The molecular formula is C15H21N5O. The van der Waals surface area contributed by atoms with Gasteiger partial charge in [-0.25, -0.2) is 9.97 Å². The molecule has 3 N–H and O–H groups in total. The standard InChI is InChI=1S/C15H21N5O/c1-17-11-5-6-18-7-10(11)13(16)12-14(9-3-4-9)19-8-20-15(12)21-2/h8-9,18H,3-7,16H2,1-2H3. The highest BCUT2D eigenvalue weighted by Crippen LogP contribution is 2.43. The fourth-order valence-corrected chi connectivity index (χ4v) is 2.78. The number of methoxy groups -OCH3 is 1. The number of hydrogen-bond donors (Lipinski definition) is 2. The van der Waals surface area contributed by atoms with E-state index in [4.69, 9.17) is 10.5 Å². The van der Waals surface area contributed by atoms with Crippen molar-refractivity contribution in [3.8, 4) is 5.88 Å². The molecular weight excluding hydrogens is 266 g/mol. The fourth-order valence-electron chi connectivity index (χ4n) is 2.78. The normalized spacial score (nSPS) is 23.2. The first kappa shape index (κ1) is 14.0. The molecule has 6 heteroatoms. The SMILES string of the molecule is CN=C1CCNCC1=C(N)c1c(OC)ncnc1C1CC1. The van der Waals surface area contributed by atoms with Crippen molar-refractivity contribution in [1.82, 2.24) is 15.3 Å². The maximum Gasteiger partial charge on any atom is 0.225 e. The van der Waals surface area contributed by atoms with E-state index < -0.39 is 0 Å². The summed E-state index contributed by atoms with van der Waals surface area (Å²) >= 11 is 0. The molecule has 0 unspecified atom stereocenters. The van der Waals surface area contributed by atoms with E-state index in [1.54, 1.807) is 13.4 Å². The summed E-state index contributed by atoms with van der Waals surface area (Å²) in [5.74, 6) is 1.03. The van der Waals surface area contributed by atoms with Crippen molar-refractivity contribution in [1.29, 1.82) is 0 Å². The van der Waals surface area contributed by atoms with Crippen molar-refractivity contribution in [2.75, 3.05) is 27.2 Å². The Balaban J connectivity index is 2.13. The summed E-state index contributed by atoms with van der Waals surface area (Å²) in [5.41, 5.74) is 11.1. The molecule has 0 atom stereocenters. The van der Waals surface area contributed by atoms with E-state index in [1.807, 2.05) is 7.05 Å². The Morgan fingerprint density at radius 3 is 2.90 bits per heavy atom. The Hall–Kier alpha value is -1.95. The monoisotopic (exact) mass is 287 g/mol. The van der Waals surface area contributed by atoms with E-state index in [9.17, 15) is 0 Å². The lowest BCUT2D eigenvalue weighted by Gasteiger charge is -2.22. The molecule has 0 radical (unpaired) electrons. The minimum Gasteiger partial charge on any atom is -0.480 e. The maximum absolute atomic E-state index is 6.48. The van der Waals surface area contributed by atoms with Crippen LogP contribution >= 0.6 is 0 Å². The van der Waals surface area contributed by atoms with Crippen molar-refractivity contribution in [2.45, 2.75) is 25.2 Å². The lowest BCUT2D eigenvalue weighted by molar-refractivity contribution is 0.394. The topological polar surface area (TPSA) is 85.4 Å². The molecule has 1 aliphatic carbocycles. The first-order chi connectivity index (χ1) is 10.3. The first-order valence-corrected chi connectivity index (χ1v) is 7.30. The molecule has 6 nitrogen and oxygen atoms in total. The predicted molar refractivity (Wildman–Crippen MR) is 82.5 cm³/mol. The van der Waals surface area contributed by atoms with Crippen molar-refractivity contribution < 1.29 is 4.74 Å². The number of nitrogens with two attached hydrogens (primary N) is 1. The second-order valence-corrected chi connectivity index (χ2v) is 5.41. The highest BCUT2D eigenvalue weighted by molar-refractivity contribution is 6.07. The Labute approximate surface area is 124 Å². The average Bonchev–Trinajstić information content (AvgIpc) is 3.38. The lowest BCUT2D eigenvalue weighted by Crippen LogP contribution is -2.32. The van der Waals surface area contributed by atoms with Gasteiger partial charge >= 0.3 is 0 Å². The van der Waals surface area contributed by atoms with Crippen LogP contribution in [0.15, 0.2) is 16.9 Å². The van der Waals surface area contributed by atoms with Gasteiger partial charge in [0.15, 0.2) is 0 Å². The molecule has 0 aromatic carbocycles. The third-order valence-electron chi connectivity index (χ3n) is 4.05. The number of aromatic nitrogens is 2. The van der Waals surface area contributed by atoms with Crippen molar-refractivity contribution >= 4 is 11.4 Å². The van der Waals surface area contributed by atoms with Crippen LogP contribution in [-0.2, 0) is 0 Å². The highest BCUT2D eigenvalue weighted by Gasteiger charge is 2.31. The van der Waals surface area contributed by atoms with Crippen LogP contribution in [0, 0.1) is 0 Å². The minimum absolute atomic E-state index is 0.481. The molecule has 0 spiro atoms. The lowest BCUT2D eigenvalue weighted by atomic mass is 9.96. The van der Waals surface area contributed by atoms with Crippen LogP contribution in [0.3, 0.4) is 0 Å². The largest absolute Gasteiger partial charge is 0.480 e. The van der Waals surface area contributed by atoms with Crippen molar-refractivity contribution in [3.05, 3.63) is 23.2 Å². The smallest absolute Gasteiger partial charge is 0.225 e. The van der Waals surface area contributed by atoms with Crippen molar-refractivity contribution in [3.63, 3.8) is 0 Å². The van der Waals surface area contributed by atoms with Crippen LogP contribution in [0.5, 0.6) is 5.88 Å². The summed E-state index contributed by atoms with van der Waals surface area (Å²) in [4.78, 5) is 13.1. The summed E-state index contributed by atoms with van der Waals surface area (Å²) in [6, 6.07) is 0. The van der Waals surface area contributed by atoms with Crippen molar-refractivity contribution in [2.24, 2.45) is 10.7 Å². The van der Waals surface area contributed by atoms with Gasteiger partial charge in [-0.1, -0.05) is 0 Å². The third-order valence-corrected chi connectivity index (χ3v) is 4.05. The zero-order chi connectivity index (χ0) is 14.8. The molecule has 112 valence electrons. The third kappa shape index (κ3) is 2.63. The van der Waals surface area contributed by atoms with E-state index in [0.717, 1.165) is 54.9 Å². The molecule has 0 bridgehead atoms. The molecule has 2 heterocycles. The number of hydrogen-bond acceptors (Lipinski definition) is 6. The minimum atomic E-state index is 0.481. The van der Waals surface area contributed by atoms with Gasteiger partial charge in [0.05, 0.1) is 24.1 Å². The Morgan fingerprint density at radius 2 is 2.24 bits per heavy atom. The van der Waals surface area contributed by atoms with E-state index in [2.05, 4.69) is 20.3 Å². The van der Waals surface area contributed by atoms with E-state index in [-0.39, 0.29) is 0 Å². The molecule has 0 amide bonds. The van der Waals surface area contributed by atoms with Gasteiger partial charge in [0.2, 0.25) is 5.88 Å². The number of aliphatic imine (C=N–C) groups is 1. The molecule has 2 aliphatic rings. The van der Waals surface area contributed by atoms with Gasteiger partial charge in [0.1, 0.15) is 6.33 Å². The molecule has 1 saturated heterocycles. The van der Waals surface area contributed by atoms with Crippen LogP contribution < -0.4 is 15.8 Å². The maximum atomic E-state index is 6.48. The van der Waals surface area contributed by atoms with Crippen LogP contribution in [0.25, 0.3) is 5.70 Å². The first-order valence-electron chi connectivity index (χ1n) is 7.30. The summed E-state index contributed by atoms with van der Waals surface area (Å²) in [6.07, 6.45) is 4.76. The molecule has 1 aromatic heterocycles. The van der Waals surface area contributed by atoms with Crippen LogP contribution in [0.1, 0.15) is 36.4 Å². The van der Waals surface area contributed by atoms with Crippen LogP contribution in [0.4, 0.5) is 0 Å². The summed E-state index contributed by atoms with van der Waals surface area (Å²) in [6.45, 7) is 1.65. The molecule has 1 aromatic rings. The fraction of sp³-hybridized carbons (Fsp3) is 0.533. The van der Waals surface area contributed by atoms with E-state index >= 15 is 0 Å². The quantitative estimate of drug-likeness (QED) is 0.869. The molecule has 1 aliphatic heterocycles. The number of rotatable bonds is 3. The second kappa shape index (κ2) is 5.81. The van der Waals surface area contributed by atoms with Gasteiger partial charge in [0.25, 0.3) is 0 Å². The zero-order valence-electron chi connectivity index (χ0n) is 12.5. The van der Waals surface area contributed by atoms with E-state index in [0.29, 0.717) is 17.5 Å². The average molecular weight is 287 g/mol. The Bertz CT molecular complexity index is 604. The molecule has 2 fully saturated rings. The van der Waals surface area contributed by atoms with Gasteiger partial charge in [-0.05, 0) is 12.8 Å². The van der Waals surface area contributed by atoms with E-state index in [1.165, 1.54) is 0 Å². The van der Waals surface area contributed by atoms with Gasteiger partial charge < -0.3 is 15.8 Å². The predicted octanol–water partition coefficient (Wildman–Crippen LogP) is 1.10. The molecule has 3 rings (SSSR count). The zero-order valence-corrected chi connectivity index (χ0v) is 12.5.